The second kappa shape index (κ2) is 10.1. The van der Waals surface area contributed by atoms with Gasteiger partial charge in [-0.2, -0.15) is 0 Å². The van der Waals surface area contributed by atoms with Gasteiger partial charge in [0, 0.05) is 40.8 Å². The van der Waals surface area contributed by atoms with Crippen LogP contribution in [0.1, 0.15) is 13.3 Å². The number of aliphatic carboxylic acids is 1. The molecule has 0 spiro atoms. The van der Waals surface area contributed by atoms with E-state index in [-0.39, 0.29) is 11.2 Å². The number of hydrogen-bond acceptors (Lipinski definition) is 5. The first-order valence-corrected chi connectivity index (χ1v) is 9.05. The molecule has 1 aromatic heterocycles. The second-order valence-corrected chi connectivity index (χ2v) is 6.70. The number of carbonyl (C=O) groups excluding carboxylic acids is 2. The number of nitrogens with zero attached hydrogens (tertiary/aromatic N) is 1. The molecule has 0 bridgehead atoms. The molecule has 0 fully saturated rings. The third kappa shape index (κ3) is 6.95. The van der Waals surface area contributed by atoms with Gasteiger partial charge in [0.05, 0.1) is 5.25 Å². The average molecular weight is 385 g/mol. The molecule has 0 aliphatic heterocycles. The van der Waals surface area contributed by atoms with Crippen molar-refractivity contribution in [3.63, 3.8) is 0 Å². The molecule has 1 atom stereocenters. The van der Waals surface area contributed by atoms with Crippen molar-refractivity contribution in [3.05, 3.63) is 60.9 Å². The van der Waals surface area contributed by atoms with Gasteiger partial charge in [0.25, 0.3) is 0 Å². The topological polar surface area (TPSA) is 108 Å². The Morgan fingerprint density at radius 3 is 2.52 bits per heavy atom. The number of carboxylic acid groups (broad SMARTS) is 1. The van der Waals surface area contributed by atoms with Crippen molar-refractivity contribution in [2.75, 3.05) is 10.6 Å². The van der Waals surface area contributed by atoms with E-state index in [9.17, 15) is 14.4 Å². The quantitative estimate of drug-likeness (QED) is 0.476. The molecule has 1 heterocycles. The van der Waals surface area contributed by atoms with E-state index in [0.29, 0.717) is 17.8 Å². The first-order valence-electron chi connectivity index (χ1n) is 8.17. The minimum atomic E-state index is -1.19. The Bertz CT molecular complexity index is 840. The Hall–Kier alpha value is -3.13. The molecule has 0 saturated carbocycles. The molecule has 2 rings (SSSR count). The fourth-order valence-corrected chi connectivity index (χ4v) is 3.14. The van der Waals surface area contributed by atoms with Crippen molar-refractivity contribution in [1.82, 2.24) is 4.98 Å². The predicted molar refractivity (Wildman–Crippen MR) is 105 cm³/mol. The Balaban J connectivity index is 2.01. The van der Waals surface area contributed by atoms with Crippen LogP contribution in [0.3, 0.4) is 0 Å². The van der Waals surface area contributed by atoms with Crippen molar-refractivity contribution in [2.24, 2.45) is 0 Å². The lowest BCUT2D eigenvalue weighted by atomic mass is 10.3. The summed E-state index contributed by atoms with van der Waals surface area (Å²) in [4.78, 5) is 39.3. The lowest BCUT2D eigenvalue weighted by molar-refractivity contribution is -0.131. The fourth-order valence-electron chi connectivity index (χ4n) is 2.12. The van der Waals surface area contributed by atoms with Crippen LogP contribution in [-0.2, 0) is 14.4 Å². The van der Waals surface area contributed by atoms with Gasteiger partial charge in [-0.05, 0) is 36.8 Å². The maximum absolute atomic E-state index is 12.5. The number of anilines is 2. The van der Waals surface area contributed by atoms with E-state index in [1.54, 1.807) is 42.7 Å². The average Bonchev–Trinajstić information content (AvgIpc) is 2.65. The Morgan fingerprint density at radius 2 is 1.85 bits per heavy atom. The van der Waals surface area contributed by atoms with Gasteiger partial charge in [0.1, 0.15) is 0 Å². The van der Waals surface area contributed by atoms with E-state index >= 15 is 0 Å². The van der Waals surface area contributed by atoms with Gasteiger partial charge < -0.3 is 15.7 Å². The summed E-state index contributed by atoms with van der Waals surface area (Å²) in [6.07, 6.45) is 5.55. The van der Waals surface area contributed by atoms with Gasteiger partial charge in [0.15, 0.2) is 0 Å². The molecule has 0 aliphatic rings. The first-order chi connectivity index (χ1) is 13.0. The summed E-state index contributed by atoms with van der Waals surface area (Å²) >= 11 is 1.38. The maximum atomic E-state index is 12.5. The molecule has 2 aromatic rings. The summed E-state index contributed by atoms with van der Waals surface area (Å²) in [5.74, 6) is -1.85. The predicted octanol–water partition coefficient (Wildman–Crippen LogP) is 3.17. The maximum Gasteiger partial charge on any atom is 0.328 e. The van der Waals surface area contributed by atoms with Crippen LogP contribution < -0.4 is 10.6 Å². The van der Waals surface area contributed by atoms with Crippen LogP contribution in [0, 0.1) is 0 Å². The number of aromatic nitrogens is 1. The molecule has 8 heteroatoms. The monoisotopic (exact) mass is 385 g/mol. The van der Waals surface area contributed by atoms with Crippen molar-refractivity contribution >= 4 is 40.9 Å². The molecule has 140 valence electrons. The van der Waals surface area contributed by atoms with Crippen molar-refractivity contribution in [2.45, 2.75) is 23.5 Å². The Labute approximate surface area is 160 Å². The number of hydrogen-bond donors (Lipinski definition) is 3. The highest BCUT2D eigenvalue weighted by Crippen LogP contribution is 2.28. The number of carbonyl (C=O) groups is 3. The number of carboxylic acids is 1. The summed E-state index contributed by atoms with van der Waals surface area (Å²) in [5, 5.41) is 13.7. The number of nitrogens with one attached hydrogen (secondary N) is 2. The molecule has 7 nitrogen and oxygen atoms in total. The van der Waals surface area contributed by atoms with Crippen LogP contribution in [0.15, 0.2) is 65.8 Å². The minimum Gasteiger partial charge on any atom is -0.478 e. The largest absolute Gasteiger partial charge is 0.478 e. The van der Waals surface area contributed by atoms with Gasteiger partial charge in [-0.15, -0.1) is 11.8 Å². The molecule has 1 aromatic carbocycles. The van der Waals surface area contributed by atoms with Crippen molar-refractivity contribution < 1.29 is 19.5 Å². The molecule has 0 saturated heterocycles. The lowest BCUT2D eigenvalue weighted by Crippen LogP contribution is -2.24. The van der Waals surface area contributed by atoms with E-state index in [2.05, 4.69) is 15.6 Å². The minimum absolute atomic E-state index is 0.118. The normalized spacial score (nSPS) is 11.7. The summed E-state index contributed by atoms with van der Waals surface area (Å²) in [6, 6.07) is 10.5. The molecule has 0 aliphatic carbocycles. The number of thioether (sulfide) groups is 1. The molecular weight excluding hydrogens is 366 g/mol. The third-order valence-corrected chi connectivity index (χ3v) is 4.73. The van der Waals surface area contributed by atoms with Crippen LogP contribution in [0.5, 0.6) is 0 Å². The lowest BCUT2D eigenvalue weighted by Gasteiger charge is -2.15. The van der Waals surface area contributed by atoms with Gasteiger partial charge in [-0.1, -0.05) is 13.0 Å². The zero-order chi connectivity index (χ0) is 19.6. The number of pyridine rings is 1. The Kier molecular flexibility index (Phi) is 7.57. The van der Waals surface area contributed by atoms with Gasteiger partial charge in [-0.25, -0.2) is 4.79 Å². The molecule has 2 amide bonds. The molecule has 3 N–H and O–H groups in total. The number of amides is 2. The van der Waals surface area contributed by atoms with Crippen LogP contribution in [0.4, 0.5) is 11.4 Å². The van der Waals surface area contributed by atoms with Crippen LogP contribution in [-0.4, -0.2) is 33.1 Å². The van der Waals surface area contributed by atoms with Gasteiger partial charge >= 0.3 is 5.97 Å². The first kappa shape index (κ1) is 20.2. The SMILES string of the molecule is CCC(Sc1cccc(NC(=O)/C=C/C(=O)O)c1)C(=O)Nc1ccncc1. The number of benzene rings is 1. The summed E-state index contributed by atoms with van der Waals surface area (Å²) < 4.78 is 0. The van der Waals surface area contributed by atoms with E-state index in [4.69, 9.17) is 5.11 Å². The zero-order valence-corrected chi connectivity index (χ0v) is 15.4. The molecule has 1 unspecified atom stereocenters. The van der Waals surface area contributed by atoms with E-state index in [1.807, 2.05) is 13.0 Å². The van der Waals surface area contributed by atoms with Crippen LogP contribution >= 0.6 is 11.8 Å². The van der Waals surface area contributed by atoms with E-state index < -0.39 is 11.9 Å². The van der Waals surface area contributed by atoms with Crippen molar-refractivity contribution in [1.29, 1.82) is 0 Å². The second-order valence-electron chi connectivity index (χ2n) is 5.43. The number of rotatable bonds is 8. The third-order valence-electron chi connectivity index (χ3n) is 3.37. The Morgan fingerprint density at radius 1 is 1.11 bits per heavy atom. The standard InChI is InChI=1S/C19H19N3O4S/c1-2-16(19(26)22-13-8-10-20-11-9-13)27-15-5-3-4-14(12-15)21-17(23)6-7-18(24)25/h3-12,16H,2H2,1H3,(H,21,23)(H,24,25)(H,20,22,26)/b7-6+. The van der Waals surface area contributed by atoms with Crippen LogP contribution in [0.25, 0.3) is 0 Å². The highest BCUT2D eigenvalue weighted by molar-refractivity contribution is 8.00. The molecule has 27 heavy (non-hydrogen) atoms. The molecular formula is C19H19N3O4S. The van der Waals surface area contributed by atoms with E-state index in [0.717, 1.165) is 17.0 Å². The molecule has 0 radical (unpaired) electrons. The highest BCUT2D eigenvalue weighted by atomic mass is 32.2. The van der Waals surface area contributed by atoms with E-state index in [1.165, 1.54) is 11.8 Å². The summed E-state index contributed by atoms with van der Waals surface area (Å²) in [7, 11) is 0. The van der Waals surface area contributed by atoms with Gasteiger partial charge in [0.2, 0.25) is 11.8 Å². The highest BCUT2D eigenvalue weighted by Gasteiger charge is 2.18. The summed E-state index contributed by atoms with van der Waals surface area (Å²) in [5.41, 5.74) is 1.20. The van der Waals surface area contributed by atoms with Gasteiger partial charge in [-0.3, -0.25) is 14.6 Å². The zero-order valence-electron chi connectivity index (χ0n) is 14.6. The van der Waals surface area contributed by atoms with Crippen LogP contribution in [0.2, 0.25) is 0 Å². The van der Waals surface area contributed by atoms with Crippen molar-refractivity contribution in [3.8, 4) is 0 Å². The smallest absolute Gasteiger partial charge is 0.328 e. The summed E-state index contributed by atoms with van der Waals surface area (Å²) in [6.45, 7) is 1.92. The fraction of sp³-hybridized carbons (Fsp3) is 0.158.